The Morgan fingerprint density at radius 3 is 2.56 bits per heavy atom. The number of nitrogens with one attached hydrogen (secondary N) is 1. The highest BCUT2D eigenvalue weighted by atomic mass is 16.5. The molecule has 0 aromatic rings. The van der Waals surface area contributed by atoms with Gasteiger partial charge in [-0.05, 0) is 69.5 Å². The van der Waals surface area contributed by atoms with Crippen LogP contribution in [0.2, 0.25) is 0 Å². The van der Waals surface area contributed by atoms with Crippen molar-refractivity contribution in [2.45, 2.75) is 52.4 Å². The summed E-state index contributed by atoms with van der Waals surface area (Å²) in [7, 11) is 0. The lowest BCUT2D eigenvalue weighted by molar-refractivity contribution is 0.122. The van der Waals surface area contributed by atoms with E-state index in [2.05, 4.69) is 19.2 Å². The molecule has 3 nitrogen and oxygen atoms in total. The van der Waals surface area contributed by atoms with Gasteiger partial charge in [0.25, 0.3) is 0 Å². The van der Waals surface area contributed by atoms with Crippen LogP contribution in [0.4, 0.5) is 0 Å². The molecule has 0 aliphatic heterocycles. The van der Waals surface area contributed by atoms with Gasteiger partial charge in [0.2, 0.25) is 0 Å². The average Bonchev–Trinajstić information content (AvgIpc) is 3.10. The minimum absolute atomic E-state index is 0.407. The van der Waals surface area contributed by atoms with Crippen LogP contribution in [-0.2, 0) is 4.74 Å². The maximum atomic E-state index is 5.61. The molecule has 3 heteroatoms. The van der Waals surface area contributed by atoms with E-state index in [0.29, 0.717) is 5.41 Å². The molecule has 1 saturated carbocycles. The van der Waals surface area contributed by atoms with Gasteiger partial charge in [0.05, 0.1) is 0 Å². The molecule has 1 rings (SSSR count). The summed E-state index contributed by atoms with van der Waals surface area (Å²) in [6.45, 7) is 9.55. The number of hydrogen-bond acceptors (Lipinski definition) is 3. The summed E-state index contributed by atoms with van der Waals surface area (Å²) in [5.41, 5.74) is 6.02. The Balaban J connectivity index is 1.77. The van der Waals surface area contributed by atoms with Crippen molar-refractivity contribution in [2.75, 3.05) is 32.8 Å². The zero-order valence-corrected chi connectivity index (χ0v) is 12.3. The van der Waals surface area contributed by atoms with E-state index in [1.54, 1.807) is 0 Å². The third-order valence-corrected chi connectivity index (χ3v) is 3.72. The molecule has 0 spiro atoms. The van der Waals surface area contributed by atoms with Crippen molar-refractivity contribution < 1.29 is 4.74 Å². The van der Waals surface area contributed by atoms with Crippen LogP contribution in [0.5, 0.6) is 0 Å². The van der Waals surface area contributed by atoms with Gasteiger partial charge in [-0.25, -0.2) is 0 Å². The third kappa shape index (κ3) is 8.90. The first-order valence-electron chi connectivity index (χ1n) is 7.62. The van der Waals surface area contributed by atoms with E-state index in [1.165, 1.54) is 25.7 Å². The van der Waals surface area contributed by atoms with E-state index in [-0.39, 0.29) is 0 Å². The molecule has 1 aliphatic carbocycles. The predicted molar refractivity (Wildman–Crippen MR) is 77.7 cm³/mol. The fourth-order valence-corrected chi connectivity index (χ4v) is 2.17. The van der Waals surface area contributed by atoms with Crippen molar-refractivity contribution in [2.24, 2.45) is 17.1 Å². The van der Waals surface area contributed by atoms with Gasteiger partial charge >= 0.3 is 0 Å². The monoisotopic (exact) mass is 256 g/mol. The van der Waals surface area contributed by atoms with E-state index < -0.39 is 0 Å². The Labute approximate surface area is 113 Å². The van der Waals surface area contributed by atoms with Gasteiger partial charge in [-0.15, -0.1) is 0 Å². The highest BCUT2D eigenvalue weighted by Gasteiger charge is 2.20. The molecular formula is C15H32N2O. The molecule has 0 aromatic heterocycles. The minimum Gasteiger partial charge on any atom is -0.381 e. The summed E-state index contributed by atoms with van der Waals surface area (Å²) in [6.07, 6.45) is 7.54. The van der Waals surface area contributed by atoms with Crippen molar-refractivity contribution in [1.82, 2.24) is 5.32 Å². The van der Waals surface area contributed by atoms with Crippen LogP contribution < -0.4 is 11.1 Å². The summed E-state index contributed by atoms with van der Waals surface area (Å²) >= 11 is 0. The quantitative estimate of drug-likeness (QED) is 0.528. The van der Waals surface area contributed by atoms with Gasteiger partial charge in [-0.3, -0.25) is 0 Å². The number of nitrogens with two attached hydrogens (primary N) is 1. The summed E-state index contributed by atoms with van der Waals surface area (Å²) in [5.74, 6) is 0.891. The minimum atomic E-state index is 0.407. The van der Waals surface area contributed by atoms with Crippen LogP contribution in [0, 0.1) is 11.3 Å². The summed E-state index contributed by atoms with van der Waals surface area (Å²) in [5, 5.41) is 3.49. The van der Waals surface area contributed by atoms with E-state index in [9.17, 15) is 0 Å². The van der Waals surface area contributed by atoms with Crippen LogP contribution in [0.1, 0.15) is 52.4 Å². The highest BCUT2D eigenvalue weighted by molar-refractivity contribution is 4.72. The molecule has 0 heterocycles. The summed E-state index contributed by atoms with van der Waals surface area (Å²) in [4.78, 5) is 0. The molecule has 1 fully saturated rings. The van der Waals surface area contributed by atoms with Crippen LogP contribution in [0.3, 0.4) is 0 Å². The maximum absolute atomic E-state index is 5.61. The number of rotatable bonds is 12. The lowest BCUT2D eigenvalue weighted by Gasteiger charge is -2.23. The van der Waals surface area contributed by atoms with Crippen molar-refractivity contribution in [3.63, 3.8) is 0 Å². The smallest absolute Gasteiger partial charge is 0.0494 e. The fraction of sp³-hybridized carbons (Fsp3) is 1.00. The third-order valence-electron chi connectivity index (χ3n) is 3.72. The largest absolute Gasteiger partial charge is 0.381 e. The first-order chi connectivity index (χ1) is 8.64. The molecular weight excluding hydrogens is 224 g/mol. The van der Waals surface area contributed by atoms with Crippen LogP contribution in [0.15, 0.2) is 0 Å². The Morgan fingerprint density at radius 1 is 1.17 bits per heavy atom. The van der Waals surface area contributed by atoms with Crippen molar-refractivity contribution in [1.29, 1.82) is 0 Å². The first kappa shape index (κ1) is 15.9. The first-order valence-corrected chi connectivity index (χ1v) is 7.62. The Bertz CT molecular complexity index is 203. The van der Waals surface area contributed by atoms with E-state index in [1.807, 2.05) is 0 Å². The Morgan fingerprint density at radius 2 is 1.89 bits per heavy atom. The zero-order valence-electron chi connectivity index (χ0n) is 12.3. The standard InChI is InChI=1S/C15H32N2O/c1-15(2,8-9-16)7-3-10-17-11-4-12-18-13-14-5-6-14/h14,17H,3-13,16H2,1-2H3. The van der Waals surface area contributed by atoms with E-state index in [4.69, 9.17) is 10.5 Å². The number of hydrogen-bond donors (Lipinski definition) is 2. The molecule has 3 N–H and O–H groups in total. The molecule has 0 aromatic carbocycles. The molecule has 0 unspecified atom stereocenters. The molecule has 18 heavy (non-hydrogen) atoms. The fourth-order valence-electron chi connectivity index (χ4n) is 2.17. The SMILES string of the molecule is CC(C)(CCN)CCCNCCCOCC1CC1. The molecule has 0 atom stereocenters. The summed E-state index contributed by atoms with van der Waals surface area (Å²) in [6, 6.07) is 0. The van der Waals surface area contributed by atoms with Crippen LogP contribution in [0.25, 0.3) is 0 Å². The van der Waals surface area contributed by atoms with Gasteiger partial charge < -0.3 is 15.8 Å². The van der Waals surface area contributed by atoms with Gasteiger partial charge in [-0.2, -0.15) is 0 Å². The summed E-state index contributed by atoms with van der Waals surface area (Å²) < 4.78 is 5.60. The molecule has 108 valence electrons. The predicted octanol–water partition coefficient (Wildman–Crippen LogP) is 2.55. The van der Waals surface area contributed by atoms with Crippen molar-refractivity contribution >= 4 is 0 Å². The lowest BCUT2D eigenvalue weighted by atomic mass is 9.84. The van der Waals surface area contributed by atoms with Crippen LogP contribution in [-0.4, -0.2) is 32.8 Å². The molecule has 1 aliphatic rings. The zero-order chi connectivity index (χ0) is 13.3. The lowest BCUT2D eigenvalue weighted by Crippen LogP contribution is -2.22. The Kier molecular flexibility index (Phi) is 7.87. The molecule has 0 bridgehead atoms. The highest BCUT2D eigenvalue weighted by Crippen LogP contribution is 2.28. The van der Waals surface area contributed by atoms with E-state index >= 15 is 0 Å². The van der Waals surface area contributed by atoms with Crippen molar-refractivity contribution in [3.05, 3.63) is 0 Å². The van der Waals surface area contributed by atoms with Crippen LogP contribution >= 0.6 is 0 Å². The molecule has 0 saturated heterocycles. The van der Waals surface area contributed by atoms with Gasteiger partial charge in [0, 0.05) is 13.2 Å². The second kappa shape index (κ2) is 8.89. The number of ether oxygens (including phenoxy) is 1. The molecule has 0 amide bonds. The van der Waals surface area contributed by atoms with Crippen molar-refractivity contribution in [3.8, 4) is 0 Å². The average molecular weight is 256 g/mol. The molecule has 0 radical (unpaired) electrons. The van der Waals surface area contributed by atoms with Gasteiger partial charge in [0.15, 0.2) is 0 Å². The maximum Gasteiger partial charge on any atom is 0.0494 e. The normalized spacial score (nSPS) is 16.2. The van der Waals surface area contributed by atoms with Gasteiger partial charge in [0.1, 0.15) is 0 Å². The van der Waals surface area contributed by atoms with E-state index in [0.717, 1.165) is 51.6 Å². The Hall–Kier alpha value is -0.120. The second-order valence-electron chi connectivity index (χ2n) is 6.43. The topological polar surface area (TPSA) is 47.3 Å². The van der Waals surface area contributed by atoms with Gasteiger partial charge in [-0.1, -0.05) is 13.8 Å². The second-order valence-corrected chi connectivity index (χ2v) is 6.43.